The van der Waals surface area contributed by atoms with Crippen molar-refractivity contribution in [2.45, 2.75) is 9.79 Å². The molecule has 5 heterocycles. The van der Waals surface area contributed by atoms with E-state index in [2.05, 4.69) is 197 Å². The molecule has 0 saturated carbocycles. The zero-order chi connectivity index (χ0) is 35.3. The Morgan fingerprint density at radius 3 is 1.57 bits per heavy atom. The summed E-state index contributed by atoms with van der Waals surface area (Å²) in [6.45, 7) is 0. The Labute approximate surface area is 327 Å². The van der Waals surface area contributed by atoms with Crippen LogP contribution in [0.3, 0.4) is 0 Å². The summed E-state index contributed by atoms with van der Waals surface area (Å²) in [6, 6.07) is 67.3. The van der Waals surface area contributed by atoms with E-state index in [1.165, 1.54) is 76.3 Å². The standard InChI is InChI=1S/C47H30N4S.2Al/c1-6-18-37(19-7-1)49(38-20-8-2-9-21-38)41-26-16-27-42(34-41)51(40-24-12-4-13-25-40)47-33-32-44(36-48-47)50(39-22-10-3-11-23-39)43-28-17-31-46(35-43)52-45-29-14-5-15-30-45;;/h1-20,22-29,31-32H;;. The summed E-state index contributed by atoms with van der Waals surface area (Å²) in [6.07, 6.45) is 0. The number of rotatable bonds is 3. The smallest absolute Gasteiger partial charge is 0.313 e. The van der Waals surface area contributed by atoms with Crippen molar-refractivity contribution in [3.05, 3.63) is 182 Å². The highest BCUT2D eigenvalue weighted by molar-refractivity contribution is 8.00. The van der Waals surface area contributed by atoms with Crippen molar-refractivity contribution >= 4 is 118 Å². The average Bonchev–Trinajstić information content (AvgIpc) is 3.24. The molecule has 0 amide bonds. The molecule has 0 saturated heterocycles. The van der Waals surface area contributed by atoms with Gasteiger partial charge in [0.05, 0.1) is 5.69 Å². The first-order valence-electron chi connectivity index (χ1n) is 18.6. The Morgan fingerprint density at radius 2 is 0.870 bits per heavy atom. The zero-order valence-electron chi connectivity index (χ0n) is 29.2. The summed E-state index contributed by atoms with van der Waals surface area (Å²) in [7, 11) is 0. The van der Waals surface area contributed by atoms with Gasteiger partial charge in [-0.2, -0.15) is 0 Å². The van der Waals surface area contributed by atoms with Gasteiger partial charge in [0.25, 0.3) is 0 Å². The number of pyridine rings is 1. The number of fused-ring (bicyclic) bond motifs is 8. The molecule has 250 valence electrons. The van der Waals surface area contributed by atoms with E-state index >= 15 is 0 Å². The van der Waals surface area contributed by atoms with Gasteiger partial charge in [0, 0.05) is 54.2 Å². The molecular formula is C47H30Al2N4S. The van der Waals surface area contributed by atoms with Crippen LogP contribution in [0.2, 0.25) is 0 Å². The van der Waals surface area contributed by atoms with Crippen LogP contribution in [0.4, 0.5) is 51.3 Å². The van der Waals surface area contributed by atoms with Crippen LogP contribution in [0.1, 0.15) is 0 Å². The second kappa shape index (κ2) is 12.0. The zero-order valence-corrected chi connectivity index (χ0v) is 32.3. The van der Waals surface area contributed by atoms with Crippen LogP contribution >= 0.6 is 11.8 Å². The van der Waals surface area contributed by atoms with Gasteiger partial charge in [-0.1, -0.05) is 137 Å². The van der Waals surface area contributed by atoms with Gasteiger partial charge < -0.3 is 9.80 Å². The predicted molar refractivity (Wildman–Crippen MR) is 228 cm³/mol. The van der Waals surface area contributed by atoms with Gasteiger partial charge in [-0.3, -0.25) is 9.88 Å². The summed E-state index contributed by atoms with van der Waals surface area (Å²) < 4.78 is 8.43. The lowest BCUT2D eigenvalue weighted by Crippen LogP contribution is -2.65. The molecule has 0 atom stereocenters. The molecule has 12 rings (SSSR count). The van der Waals surface area contributed by atoms with E-state index in [0.717, 1.165) is 11.5 Å². The monoisotopic (exact) mass is 736 g/mol. The highest BCUT2D eigenvalue weighted by Gasteiger charge is 2.49. The average molecular weight is 737 g/mol. The number of nitrogens with zero attached hydrogens (tertiary/aromatic N) is 4. The minimum Gasteiger partial charge on any atom is -0.313 e. The van der Waals surface area contributed by atoms with Crippen molar-refractivity contribution in [2.75, 3.05) is 14.7 Å². The molecule has 1 aromatic heterocycles. The number of benzene rings is 7. The summed E-state index contributed by atoms with van der Waals surface area (Å²) in [4.78, 5) is 16.3. The van der Waals surface area contributed by atoms with E-state index in [1.807, 2.05) is 11.8 Å². The molecule has 7 heteroatoms. The van der Waals surface area contributed by atoms with Crippen molar-refractivity contribution in [1.82, 2.24) is 4.98 Å². The molecule has 0 radical (unpaired) electrons. The summed E-state index contributed by atoms with van der Waals surface area (Å²) >= 11 is -2.18. The van der Waals surface area contributed by atoms with E-state index in [-0.39, 0.29) is 0 Å². The summed E-state index contributed by atoms with van der Waals surface area (Å²) in [5.74, 6) is 1.08. The molecule has 8 aromatic rings. The van der Waals surface area contributed by atoms with Gasteiger partial charge in [0.2, 0.25) is 0 Å². The lowest BCUT2D eigenvalue weighted by Gasteiger charge is -2.45. The molecule has 54 heavy (non-hydrogen) atoms. The Hall–Kier alpha value is -5.50. The number of hydrogen-bond acceptors (Lipinski definition) is 5. The summed E-state index contributed by atoms with van der Waals surface area (Å²) in [5, 5.41) is 0. The maximum atomic E-state index is 6.07. The first-order valence-corrected chi connectivity index (χ1v) is 22.8. The van der Waals surface area contributed by atoms with Crippen LogP contribution in [0, 0.1) is 0 Å². The predicted octanol–water partition coefficient (Wildman–Crippen LogP) is 7.93. The van der Waals surface area contributed by atoms with Crippen LogP contribution in [0.5, 0.6) is 0 Å². The highest BCUT2D eigenvalue weighted by Crippen LogP contribution is 2.46. The minimum absolute atomic E-state index is 1.08. The minimum atomic E-state index is -2.09. The molecule has 4 aliphatic heterocycles. The van der Waals surface area contributed by atoms with Crippen molar-refractivity contribution in [3.63, 3.8) is 0 Å². The van der Waals surface area contributed by atoms with Crippen LogP contribution in [0.15, 0.2) is 192 Å². The molecule has 0 fully saturated rings. The van der Waals surface area contributed by atoms with E-state index in [0.29, 0.717) is 0 Å². The van der Waals surface area contributed by atoms with Gasteiger partial charge in [-0.25, -0.2) is 0 Å². The lowest BCUT2D eigenvalue weighted by molar-refractivity contribution is 1.18. The van der Waals surface area contributed by atoms with E-state index in [1.54, 1.807) is 0 Å². The molecule has 0 unspecified atom stereocenters. The topological polar surface area (TPSA) is 22.6 Å². The van der Waals surface area contributed by atoms with Gasteiger partial charge in [-0.05, 0) is 78.9 Å². The molecule has 0 spiro atoms. The third-order valence-electron chi connectivity index (χ3n) is 11.5. The van der Waals surface area contributed by atoms with Crippen LogP contribution < -0.4 is 41.4 Å². The quantitative estimate of drug-likeness (QED) is 0.172. The molecule has 4 nitrogen and oxygen atoms in total. The molecule has 7 aromatic carbocycles. The van der Waals surface area contributed by atoms with Gasteiger partial charge in [0.15, 0.2) is 0 Å². The molecule has 0 aliphatic carbocycles. The summed E-state index contributed by atoms with van der Waals surface area (Å²) in [5.41, 5.74) is 9.78. The maximum absolute atomic E-state index is 6.07. The van der Waals surface area contributed by atoms with Crippen molar-refractivity contribution < 1.29 is 0 Å². The van der Waals surface area contributed by atoms with Crippen molar-refractivity contribution in [3.8, 4) is 0 Å². The molecule has 0 bridgehead atoms. The van der Waals surface area contributed by atoms with E-state index in [9.17, 15) is 0 Å². The first kappa shape index (κ1) is 30.9. The van der Waals surface area contributed by atoms with Gasteiger partial charge >= 0.3 is 28.3 Å². The highest BCUT2D eigenvalue weighted by atomic mass is 32.2. The first-order chi connectivity index (χ1) is 26.8. The molecule has 0 N–H and O–H groups in total. The van der Waals surface area contributed by atoms with Crippen LogP contribution in [-0.4, -0.2) is 33.3 Å². The third kappa shape index (κ3) is 4.37. The fourth-order valence-electron chi connectivity index (χ4n) is 9.34. The number of anilines is 9. The van der Waals surface area contributed by atoms with E-state index < -0.39 is 28.3 Å². The normalized spacial score (nSPS) is 14.0. The maximum Gasteiger partial charge on any atom is 0.421 e. The number of para-hydroxylation sites is 4. The van der Waals surface area contributed by atoms with Gasteiger partial charge in [-0.15, -0.1) is 0 Å². The Balaban J connectivity index is 1.20. The lowest BCUT2D eigenvalue weighted by atomic mass is 10.1. The Bertz CT molecular complexity index is 2800. The van der Waals surface area contributed by atoms with Crippen molar-refractivity contribution in [2.24, 2.45) is 0 Å². The molecule has 4 aliphatic rings. The van der Waals surface area contributed by atoms with E-state index in [4.69, 9.17) is 4.98 Å². The fraction of sp³-hybridized carbons (Fsp3) is 0. The largest absolute Gasteiger partial charge is 0.421 e. The van der Waals surface area contributed by atoms with Crippen LogP contribution in [0.25, 0.3) is 0 Å². The second-order valence-electron chi connectivity index (χ2n) is 14.3. The fourth-order valence-corrected chi connectivity index (χ4v) is 18.2. The number of hydrogen-bond donors (Lipinski definition) is 0. The Kier molecular flexibility index (Phi) is 6.87. The second-order valence-corrected chi connectivity index (χ2v) is 20.7. The number of aromatic nitrogens is 1. The van der Waals surface area contributed by atoms with Crippen LogP contribution in [-0.2, 0) is 0 Å². The Morgan fingerprint density at radius 1 is 0.370 bits per heavy atom. The molecular weight excluding hydrogens is 707 g/mol. The SMILES string of the molecule is c1ccc(N2c3c[c]4c(n[c]3[Al]3[c]5ccccc5Sc5cccc2[c]53)N(c2ccccc2)c2cccc3[c]2[Al]4[c]2ccccc2N3c2ccccc2)cc1. The van der Waals surface area contributed by atoms with Crippen molar-refractivity contribution in [1.29, 1.82) is 0 Å². The van der Waals surface area contributed by atoms with Gasteiger partial charge in [0.1, 0.15) is 5.82 Å². The third-order valence-corrected chi connectivity index (χ3v) is 19.7.